The van der Waals surface area contributed by atoms with Gasteiger partial charge in [-0.1, -0.05) is 0 Å². The molecule has 0 fully saturated rings. The summed E-state index contributed by atoms with van der Waals surface area (Å²) in [6, 6.07) is 1.87. The van der Waals surface area contributed by atoms with Gasteiger partial charge in [-0.15, -0.1) is 11.3 Å². The van der Waals surface area contributed by atoms with E-state index in [0.29, 0.717) is 11.5 Å². The summed E-state index contributed by atoms with van der Waals surface area (Å²) in [5.41, 5.74) is 2.99. The van der Waals surface area contributed by atoms with E-state index in [4.69, 9.17) is 10.6 Å². The Morgan fingerprint density at radius 2 is 2.43 bits per heavy atom. The number of thiophene rings is 1. The molecule has 0 atom stereocenters. The standard InChI is InChI=1S/C9H14N2O2S/c1-6(2)13-5-7-3-4-14-8(7)9(12)11-10/h3-4,6H,5,10H2,1-2H3,(H,11,12). The van der Waals surface area contributed by atoms with E-state index in [-0.39, 0.29) is 12.0 Å². The van der Waals surface area contributed by atoms with Crippen LogP contribution in [0, 0.1) is 0 Å². The van der Waals surface area contributed by atoms with Crippen LogP contribution in [0.5, 0.6) is 0 Å². The monoisotopic (exact) mass is 214 g/mol. The van der Waals surface area contributed by atoms with Crippen molar-refractivity contribution in [3.05, 3.63) is 21.9 Å². The highest BCUT2D eigenvalue weighted by Crippen LogP contribution is 2.17. The van der Waals surface area contributed by atoms with E-state index < -0.39 is 0 Å². The Bertz CT molecular complexity index is 310. The fourth-order valence-electron chi connectivity index (χ4n) is 0.971. The lowest BCUT2D eigenvalue weighted by Gasteiger charge is -2.07. The van der Waals surface area contributed by atoms with Gasteiger partial charge in [-0.3, -0.25) is 10.2 Å². The number of carbonyl (C=O) groups excluding carboxylic acids is 1. The van der Waals surface area contributed by atoms with Crippen LogP contribution in [0.1, 0.15) is 29.1 Å². The summed E-state index contributed by atoms with van der Waals surface area (Å²) in [4.78, 5) is 11.9. The Hall–Kier alpha value is -0.910. The van der Waals surface area contributed by atoms with Crippen molar-refractivity contribution in [2.75, 3.05) is 0 Å². The molecule has 0 spiro atoms. The van der Waals surface area contributed by atoms with Gasteiger partial charge in [0.05, 0.1) is 17.6 Å². The fourth-order valence-corrected chi connectivity index (χ4v) is 1.78. The second-order valence-corrected chi connectivity index (χ2v) is 4.02. The lowest BCUT2D eigenvalue weighted by Crippen LogP contribution is -2.30. The van der Waals surface area contributed by atoms with Gasteiger partial charge >= 0.3 is 0 Å². The smallest absolute Gasteiger partial charge is 0.275 e. The van der Waals surface area contributed by atoms with Gasteiger partial charge in [-0.25, -0.2) is 5.84 Å². The Kier molecular flexibility index (Phi) is 4.06. The Labute approximate surface area is 87.0 Å². The Balaban J connectivity index is 2.67. The molecule has 1 aromatic heterocycles. The van der Waals surface area contributed by atoms with Gasteiger partial charge in [-0.05, 0) is 25.3 Å². The molecule has 0 saturated heterocycles. The molecule has 5 heteroatoms. The third-order valence-electron chi connectivity index (χ3n) is 1.66. The number of nitrogens with one attached hydrogen (secondary N) is 1. The van der Waals surface area contributed by atoms with Gasteiger partial charge < -0.3 is 4.74 Å². The van der Waals surface area contributed by atoms with Gasteiger partial charge in [-0.2, -0.15) is 0 Å². The molecule has 1 amide bonds. The predicted molar refractivity (Wildman–Crippen MR) is 55.9 cm³/mol. The Morgan fingerprint density at radius 3 is 3.00 bits per heavy atom. The van der Waals surface area contributed by atoms with Crippen LogP contribution in [0.2, 0.25) is 0 Å². The first-order valence-electron chi connectivity index (χ1n) is 4.34. The normalized spacial score (nSPS) is 10.6. The number of hydrogen-bond acceptors (Lipinski definition) is 4. The number of hydrazine groups is 1. The van der Waals surface area contributed by atoms with Gasteiger partial charge in [0, 0.05) is 5.56 Å². The van der Waals surface area contributed by atoms with Crippen LogP contribution in [0.4, 0.5) is 0 Å². The molecule has 0 bridgehead atoms. The van der Waals surface area contributed by atoms with E-state index in [9.17, 15) is 4.79 Å². The first-order chi connectivity index (χ1) is 6.65. The molecule has 1 rings (SSSR count). The van der Waals surface area contributed by atoms with Crippen molar-refractivity contribution in [3.8, 4) is 0 Å². The van der Waals surface area contributed by atoms with E-state index in [1.165, 1.54) is 11.3 Å². The lowest BCUT2D eigenvalue weighted by atomic mass is 10.2. The zero-order valence-electron chi connectivity index (χ0n) is 8.24. The molecule has 1 aromatic rings. The van der Waals surface area contributed by atoms with Crippen molar-refractivity contribution in [2.45, 2.75) is 26.6 Å². The van der Waals surface area contributed by atoms with Crippen LogP contribution < -0.4 is 11.3 Å². The van der Waals surface area contributed by atoms with Crippen molar-refractivity contribution < 1.29 is 9.53 Å². The third-order valence-corrected chi connectivity index (χ3v) is 2.61. The summed E-state index contributed by atoms with van der Waals surface area (Å²) in [6.07, 6.45) is 0.156. The highest BCUT2D eigenvalue weighted by atomic mass is 32.1. The van der Waals surface area contributed by atoms with Gasteiger partial charge in [0.25, 0.3) is 5.91 Å². The minimum Gasteiger partial charge on any atom is -0.374 e. The predicted octanol–water partition coefficient (Wildman–Crippen LogP) is 1.28. The zero-order valence-corrected chi connectivity index (χ0v) is 9.06. The van der Waals surface area contributed by atoms with Crippen molar-refractivity contribution in [3.63, 3.8) is 0 Å². The second-order valence-electron chi connectivity index (χ2n) is 3.11. The number of carbonyl (C=O) groups is 1. The molecule has 0 unspecified atom stereocenters. The molecule has 0 aliphatic heterocycles. The topological polar surface area (TPSA) is 64.3 Å². The summed E-state index contributed by atoms with van der Waals surface area (Å²) in [5.74, 6) is 4.79. The molecule has 14 heavy (non-hydrogen) atoms. The fraction of sp³-hybridized carbons (Fsp3) is 0.444. The highest BCUT2D eigenvalue weighted by molar-refractivity contribution is 7.12. The largest absolute Gasteiger partial charge is 0.374 e. The first-order valence-corrected chi connectivity index (χ1v) is 5.22. The minimum atomic E-state index is -0.262. The average Bonchev–Trinajstić information content (AvgIpc) is 2.61. The van der Waals surface area contributed by atoms with Gasteiger partial charge in [0.15, 0.2) is 0 Å². The van der Waals surface area contributed by atoms with E-state index >= 15 is 0 Å². The van der Waals surface area contributed by atoms with E-state index in [2.05, 4.69) is 5.43 Å². The number of hydrogen-bond donors (Lipinski definition) is 2. The molecule has 3 N–H and O–H groups in total. The summed E-state index contributed by atoms with van der Waals surface area (Å²) < 4.78 is 5.41. The van der Waals surface area contributed by atoms with Crippen LogP contribution in [0.3, 0.4) is 0 Å². The molecule has 0 aliphatic carbocycles. The number of nitrogens with two attached hydrogens (primary N) is 1. The van der Waals surface area contributed by atoms with Crippen LogP contribution in [-0.2, 0) is 11.3 Å². The van der Waals surface area contributed by atoms with Crippen molar-refractivity contribution >= 4 is 17.2 Å². The molecule has 0 radical (unpaired) electrons. The van der Waals surface area contributed by atoms with E-state index in [1.54, 1.807) is 0 Å². The number of nitrogen functional groups attached to an aromatic ring is 1. The summed E-state index contributed by atoms with van der Waals surface area (Å²) in [7, 11) is 0. The number of amides is 1. The maximum atomic E-state index is 11.3. The molecule has 78 valence electrons. The number of rotatable bonds is 4. The molecule has 0 aliphatic rings. The first kappa shape index (κ1) is 11.2. The maximum Gasteiger partial charge on any atom is 0.275 e. The molecular formula is C9H14N2O2S. The minimum absolute atomic E-state index is 0.156. The van der Waals surface area contributed by atoms with Gasteiger partial charge in [0.1, 0.15) is 0 Å². The summed E-state index contributed by atoms with van der Waals surface area (Å²) in [6.45, 7) is 4.36. The highest BCUT2D eigenvalue weighted by Gasteiger charge is 2.11. The summed E-state index contributed by atoms with van der Waals surface area (Å²) in [5, 5.41) is 1.85. The average molecular weight is 214 g/mol. The van der Waals surface area contributed by atoms with Crippen LogP contribution >= 0.6 is 11.3 Å². The van der Waals surface area contributed by atoms with E-state index in [1.807, 2.05) is 25.3 Å². The Morgan fingerprint density at radius 1 is 1.71 bits per heavy atom. The molecule has 4 nitrogen and oxygen atoms in total. The molecule has 0 aromatic carbocycles. The van der Waals surface area contributed by atoms with Crippen molar-refractivity contribution in [2.24, 2.45) is 5.84 Å². The van der Waals surface area contributed by atoms with Crippen LogP contribution in [0.15, 0.2) is 11.4 Å². The SMILES string of the molecule is CC(C)OCc1ccsc1C(=O)NN. The molecular weight excluding hydrogens is 200 g/mol. The third kappa shape index (κ3) is 2.80. The zero-order chi connectivity index (χ0) is 10.6. The van der Waals surface area contributed by atoms with Gasteiger partial charge in [0.2, 0.25) is 0 Å². The lowest BCUT2D eigenvalue weighted by molar-refractivity contribution is 0.0649. The van der Waals surface area contributed by atoms with Crippen LogP contribution in [-0.4, -0.2) is 12.0 Å². The second kappa shape index (κ2) is 5.09. The molecule has 1 heterocycles. The van der Waals surface area contributed by atoms with Crippen molar-refractivity contribution in [1.82, 2.24) is 5.43 Å². The van der Waals surface area contributed by atoms with E-state index in [0.717, 1.165) is 5.56 Å². The van der Waals surface area contributed by atoms with Crippen LogP contribution in [0.25, 0.3) is 0 Å². The maximum absolute atomic E-state index is 11.3. The summed E-state index contributed by atoms with van der Waals surface area (Å²) >= 11 is 1.36. The molecule has 0 saturated carbocycles. The quantitative estimate of drug-likeness (QED) is 0.451. The van der Waals surface area contributed by atoms with Crippen molar-refractivity contribution in [1.29, 1.82) is 0 Å². The number of ether oxygens (including phenoxy) is 1.